The number of anilines is 1. The largest absolute Gasteiger partial charge is 0.491 e. The number of rotatable bonds is 8. The van der Waals surface area contributed by atoms with Crippen molar-refractivity contribution in [2.75, 3.05) is 25.1 Å². The van der Waals surface area contributed by atoms with Crippen LogP contribution in [0.3, 0.4) is 0 Å². The molecule has 0 radical (unpaired) electrons. The van der Waals surface area contributed by atoms with Gasteiger partial charge in [-0.25, -0.2) is 4.79 Å². The predicted octanol–water partition coefficient (Wildman–Crippen LogP) is 0.388. The number of nitriles is 1. The summed E-state index contributed by atoms with van der Waals surface area (Å²) in [7, 11) is 0. The van der Waals surface area contributed by atoms with Crippen molar-refractivity contribution in [1.29, 1.82) is 5.26 Å². The van der Waals surface area contributed by atoms with Crippen molar-refractivity contribution < 1.29 is 19.4 Å². The van der Waals surface area contributed by atoms with E-state index in [0.29, 0.717) is 16.8 Å². The topological polar surface area (TPSA) is 114 Å². The van der Waals surface area contributed by atoms with Gasteiger partial charge < -0.3 is 19.9 Å². The minimum absolute atomic E-state index is 0.0638. The summed E-state index contributed by atoms with van der Waals surface area (Å²) < 4.78 is 12.2. The second-order valence-corrected chi connectivity index (χ2v) is 6.44. The molecule has 0 unspecified atom stereocenters. The van der Waals surface area contributed by atoms with Crippen LogP contribution in [0.2, 0.25) is 0 Å². The Hall–Kier alpha value is -3.09. The molecule has 0 saturated carbocycles. The highest BCUT2D eigenvalue weighted by molar-refractivity contribution is 7.07. The number of ether oxygens (including phenoxy) is 2. The lowest BCUT2D eigenvalue weighted by molar-refractivity contribution is -0.136. The molecule has 1 aromatic carbocycles. The fourth-order valence-corrected chi connectivity index (χ4v) is 3.41. The second kappa shape index (κ2) is 10.3. The monoisotopic (exact) mass is 403 g/mol. The summed E-state index contributed by atoms with van der Waals surface area (Å²) in [6, 6.07) is 8.84. The number of benzene rings is 1. The van der Waals surface area contributed by atoms with Crippen molar-refractivity contribution >= 4 is 34.8 Å². The third kappa shape index (κ3) is 5.00. The highest BCUT2D eigenvalue weighted by atomic mass is 32.1. The van der Waals surface area contributed by atoms with Crippen molar-refractivity contribution in [2.45, 2.75) is 20.4 Å². The third-order valence-corrected chi connectivity index (χ3v) is 4.74. The molecule has 0 amide bonds. The van der Waals surface area contributed by atoms with Crippen LogP contribution in [0.5, 0.6) is 5.75 Å². The molecule has 8 nitrogen and oxygen atoms in total. The summed E-state index contributed by atoms with van der Waals surface area (Å²) in [5.74, 6) is -0.125. The summed E-state index contributed by atoms with van der Waals surface area (Å²) in [6.07, 6.45) is 1.53. The smallest absolute Gasteiger partial charge is 0.351 e. The number of esters is 1. The average molecular weight is 403 g/mol. The van der Waals surface area contributed by atoms with E-state index in [9.17, 15) is 14.9 Å². The number of aromatic nitrogens is 1. The van der Waals surface area contributed by atoms with Gasteiger partial charge in [-0.2, -0.15) is 5.26 Å². The van der Waals surface area contributed by atoms with Crippen molar-refractivity contribution in [2.24, 2.45) is 0 Å². The zero-order valence-corrected chi connectivity index (χ0v) is 16.4. The molecule has 0 aliphatic heterocycles. The van der Waals surface area contributed by atoms with Crippen LogP contribution in [-0.2, 0) is 16.1 Å². The SMILES string of the molecule is CCOC(=O)C(C#N)=c1sc(=CNc2ccc(OCCO)cc2)c(=O)n1CC. The normalized spacial score (nSPS) is 12.3. The van der Waals surface area contributed by atoms with E-state index < -0.39 is 5.97 Å². The zero-order chi connectivity index (χ0) is 20.5. The Morgan fingerprint density at radius 3 is 2.64 bits per heavy atom. The molecule has 0 aliphatic rings. The van der Waals surface area contributed by atoms with Gasteiger partial charge in [-0.1, -0.05) is 0 Å². The lowest BCUT2D eigenvalue weighted by Gasteiger charge is -2.05. The Labute approximate surface area is 165 Å². The molecule has 2 rings (SSSR count). The van der Waals surface area contributed by atoms with Crippen LogP contribution >= 0.6 is 11.3 Å². The number of nitrogens with one attached hydrogen (secondary N) is 1. The summed E-state index contributed by atoms with van der Waals surface area (Å²) in [6.45, 7) is 4.03. The molecule has 1 aromatic heterocycles. The molecule has 0 atom stereocenters. The predicted molar refractivity (Wildman–Crippen MR) is 106 cm³/mol. The Morgan fingerprint density at radius 2 is 2.07 bits per heavy atom. The highest BCUT2D eigenvalue weighted by Gasteiger charge is 2.16. The molecule has 2 N–H and O–H groups in total. The lowest BCUT2D eigenvalue weighted by Crippen LogP contribution is -2.32. The fraction of sp³-hybridized carbons (Fsp3) is 0.316. The second-order valence-electron chi connectivity index (χ2n) is 5.41. The summed E-state index contributed by atoms with van der Waals surface area (Å²) in [5.41, 5.74) is 0.245. The number of aliphatic hydroxyl groups is 1. The molecule has 1 heterocycles. The molecular weight excluding hydrogens is 382 g/mol. The summed E-state index contributed by atoms with van der Waals surface area (Å²) in [5, 5.41) is 21.1. The number of hydrogen-bond donors (Lipinski definition) is 2. The van der Waals surface area contributed by atoms with Gasteiger partial charge in [0.15, 0.2) is 5.57 Å². The van der Waals surface area contributed by atoms with E-state index in [1.165, 1.54) is 10.8 Å². The first kappa shape index (κ1) is 21.2. The van der Waals surface area contributed by atoms with Crippen LogP contribution < -0.4 is 24.8 Å². The van der Waals surface area contributed by atoms with Crippen molar-refractivity contribution in [1.82, 2.24) is 4.57 Å². The zero-order valence-electron chi connectivity index (χ0n) is 15.6. The first-order valence-corrected chi connectivity index (χ1v) is 9.48. The van der Waals surface area contributed by atoms with E-state index in [1.807, 2.05) is 6.07 Å². The molecular formula is C19H21N3O5S. The minimum atomic E-state index is -0.744. The van der Waals surface area contributed by atoms with E-state index >= 15 is 0 Å². The Morgan fingerprint density at radius 1 is 1.36 bits per heavy atom. The molecule has 0 aliphatic carbocycles. The first-order chi connectivity index (χ1) is 13.5. The molecule has 0 bridgehead atoms. The molecule has 0 spiro atoms. The molecule has 9 heteroatoms. The number of nitrogens with zero attached hydrogens (tertiary/aromatic N) is 2. The minimum Gasteiger partial charge on any atom is -0.491 e. The van der Waals surface area contributed by atoms with Crippen LogP contribution in [0.4, 0.5) is 5.69 Å². The van der Waals surface area contributed by atoms with Crippen LogP contribution in [0, 0.1) is 11.3 Å². The van der Waals surface area contributed by atoms with Gasteiger partial charge in [0, 0.05) is 18.4 Å². The lowest BCUT2D eigenvalue weighted by atomic mass is 10.3. The van der Waals surface area contributed by atoms with E-state index in [1.54, 1.807) is 38.1 Å². The van der Waals surface area contributed by atoms with Gasteiger partial charge >= 0.3 is 5.97 Å². The molecule has 0 fully saturated rings. The summed E-state index contributed by atoms with van der Waals surface area (Å²) in [4.78, 5) is 24.6. The molecule has 28 heavy (non-hydrogen) atoms. The quantitative estimate of drug-likeness (QED) is 0.613. The fourth-order valence-electron chi connectivity index (χ4n) is 2.34. The van der Waals surface area contributed by atoms with E-state index in [2.05, 4.69) is 5.32 Å². The Kier molecular flexibility index (Phi) is 7.80. The Balaban J connectivity index is 2.39. The van der Waals surface area contributed by atoms with Crippen LogP contribution in [0.25, 0.3) is 11.8 Å². The van der Waals surface area contributed by atoms with Gasteiger partial charge in [0.1, 0.15) is 27.6 Å². The average Bonchev–Trinajstić information content (AvgIpc) is 3.01. The third-order valence-electron chi connectivity index (χ3n) is 3.61. The van der Waals surface area contributed by atoms with Crippen molar-refractivity contribution in [3.8, 4) is 11.8 Å². The van der Waals surface area contributed by atoms with Gasteiger partial charge in [-0.05, 0) is 38.1 Å². The van der Waals surface area contributed by atoms with Crippen LogP contribution in [-0.4, -0.2) is 35.5 Å². The maximum absolute atomic E-state index is 12.6. The highest BCUT2D eigenvalue weighted by Crippen LogP contribution is 2.15. The number of thiazole rings is 1. The van der Waals surface area contributed by atoms with Gasteiger partial charge in [0.25, 0.3) is 5.56 Å². The van der Waals surface area contributed by atoms with Crippen molar-refractivity contribution in [3.63, 3.8) is 0 Å². The molecule has 2 aromatic rings. The van der Waals surface area contributed by atoms with Crippen LogP contribution in [0.1, 0.15) is 13.8 Å². The van der Waals surface area contributed by atoms with Gasteiger partial charge in [0.05, 0.1) is 13.2 Å². The number of carbonyl (C=O) groups excluding carboxylic acids is 1. The maximum Gasteiger partial charge on any atom is 0.351 e. The number of hydrogen-bond acceptors (Lipinski definition) is 8. The summed E-state index contributed by atoms with van der Waals surface area (Å²) >= 11 is 1.05. The number of aliphatic hydroxyl groups excluding tert-OH is 1. The Bertz CT molecular complexity index is 1030. The maximum atomic E-state index is 12.6. The number of carbonyl (C=O) groups is 1. The standard InChI is InChI=1S/C19H21N3O5S/c1-3-22-17(24)16(28-18(22)15(11-20)19(25)26-4-2)12-21-13-5-7-14(8-6-13)27-10-9-23/h5-8,12,21,23H,3-4,9-10H2,1-2H3. The van der Waals surface area contributed by atoms with Crippen LogP contribution in [0.15, 0.2) is 29.1 Å². The van der Waals surface area contributed by atoms with E-state index in [4.69, 9.17) is 14.6 Å². The van der Waals surface area contributed by atoms with Gasteiger partial charge in [-0.15, -0.1) is 11.3 Å². The first-order valence-electron chi connectivity index (χ1n) is 8.67. The van der Waals surface area contributed by atoms with Gasteiger partial charge in [0.2, 0.25) is 0 Å². The van der Waals surface area contributed by atoms with Crippen molar-refractivity contribution in [3.05, 3.63) is 43.8 Å². The van der Waals surface area contributed by atoms with E-state index in [-0.39, 0.29) is 35.6 Å². The van der Waals surface area contributed by atoms with Gasteiger partial charge in [-0.3, -0.25) is 9.36 Å². The molecule has 148 valence electrons. The van der Waals surface area contributed by atoms with E-state index in [0.717, 1.165) is 17.0 Å². The molecule has 0 saturated heterocycles.